The van der Waals surface area contributed by atoms with Crippen LogP contribution in [0.2, 0.25) is 0 Å². The van der Waals surface area contributed by atoms with Gasteiger partial charge in [0, 0.05) is 11.3 Å². The summed E-state index contributed by atoms with van der Waals surface area (Å²) in [7, 11) is -15.5. The van der Waals surface area contributed by atoms with Crippen molar-refractivity contribution in [1.29, 1.82) is 5.41 Å². The van der Waals surface area contributed by atoms with Crippen LogP contribution in [0.1, 0.15) is 18.1 Å². The molecule has 202 valence electrons. The summed E-state index contributed by atoms with van der Waals surface area (Å²) < 4.78 is 107. The Morgan fingerprint density at radius 2 is 1.46 bits per heavy atom. The van der Waals surface area contributed by atoms with Crippen LogP contribution in [0.15, 0.2) is 68.8 Å². The molecule has 3 rings (SSSR count). The maximum Gasteiger partial charge on any atom is 1.00 e. The third-order valence-corrected chi connectivity index (χ3v) is 7.75. The van der Waals surface area contributed by atoms with Crippen LogP contribution in [-0.2, 0) is 30.4 Å². The largest absolute Gasteiger partial charge is 1.00 e. The van der Waals surface area contributed by atoms with E-state index in [1.807, 2.05) is 0 Å². The molecule has 0 saturated heterocycles. The lowest BCUT2D eigenvalue weighted by Crippen LogP contribution is -2.14. The fraction of sp³-hybridized carbons (Fsp3) is 0.0500. The van der Waals surface area contributed by atoms with Gasteiger partial charge in [-0.2, -0.15) is 0 Å². The fourth-order valence-electron chi connectivity index (χ4n) is 3.43. The van der Waals surface area contributed by atoms with E-state index < -0.39 is 62.1 Å². The molecular weight excluding hydrogens is 550 g/mol. The molecule has 37 heavy (non-hydrogen) atoms. The molecule has 0 atom stereocenters. The standard InChI is InChI=1S/C20H19N3O9S3.2H3N/c1-10-2-5-13(20(19(10)23)35(30,31)32)18(11-3-6-14(21)16(8-11)33(24,25)26)12-4-7-15(22)17(9-12)34(27,28)29;;/h2-9,21H,22-23H2,1H3,(H,24,25,26)(H,27,28,29)(H,30,31,32);2*1H3. The van der Waals surface area contributed by atoms with Crippen molar-refractivity contribution in [2.75, 3.05) is 11.5 Å². The highest BCUT2D eigenvalue weighted by atomic mass is 32.2. The topological polar surface area (TPSA) is 320 Å². The lowest BCUT2D eigenvalue weighted by molar-refractivity contribution is 0.461. The van der Waals surface area contributed by atoms with Crippen molar-refractivity contribution in [3.63, 3.8) is 0 Å². The zero-order chi connectivity index (χ0) is 26.5. The molecule has 0 saturated carbocycles. The Labute approximate surface area is 214 Å². The van der Waals surface area contributed by atoms with Crippen LogP contribution in [0.5, 0.6) is 0 Å². The van der Waals surface area contributed by atoms with Crippen molar-refractivity contribution in [2.45, 2.75) is 16.7 Å². The van der Waals surface area contributed by atoms with Gasteiger partial charge in [0.2, 0.25) is 0 Å². The van der Waals surface area contributed by atoms with Crippen LogP contribution in [0.3, 0.4) is 0 Å². The molecule has 0 aromatic heterocycles. The smallest absolute Gasteiger partial charge is 0.744 e. The molecule has 0 bridgehead atoms. The summed E-state index contributed by atoms with van der Waals surface area (Å²) in [6.07, 6.45) is 2.84. The van der Waals surface area contributed by atoms with E-state index in [0.717, 1.165) is 30.4 Å². The van der Waals surface area contributed by atoms with Gasteiger partial charge in [-0.1, -0.05) is 24.3 Å². The third kappa shape index (κ3) is 6.29. The molecule has 1 aliphatic carbocycles. The second kappa shape index (κ2) is 10.5. The number of hydrogen-bond donors (Lipinski definition) is 5. The normalized spacial score (nSPS) is 15.4. The second-order valence-corrected chi connectivity index (χ2v) is 11.4. The Hall–Kier alpha value is -3.42. The molecule has 2 aromatic carbocycles. The molecule has 0 spiro atoms. The first-order chi connectivity index (χ1) is 15.9. The van der Waals surface area contributed by atoms with Gasteiger partial charge in [-0.25, -0.2) is 25.3 Å². The summed E-state index contributed by atoms with van der Waals surface area (Å²) in [5, 5.41) is 7.73. The minimum absolute atomic E-state index is 0. The Kier molecular flexibility index (Phi) is 8.99. The lowest BCUT2D eigenvalue weighted by Gasteiger charge is -2.23. The van der Waals surface area contributed by atoms with Crippen molar-refractivity contribution < 1.29 is 40.3 Å². The number of anilines is 2. The minimum Gasteiger partial charge on any atom is -0.744 e. The van der Waals surface area contributed by atoms with Gasteiger partial charge in [0.1, 0.15) is 30.4 Å². The van der Waals surface area contributed by atoms with E-state index in [1.54, 1.807) is 0 Å². The first kappa shape index (κ1) is 31.6. The Balaban J connectivity index is 0.00000456. The summed E-state index contributed by atoms with van der Waals surface area (Å²) in [4.78, 5) is -2.73. The highest BCUT2D eigenvalue weighted by molar-refractivity contribution is 7.90. The Morgan fingerprint density at radius 1 is 0.865 bits per heavy atom. The first-order valence-corrected chi connectivity index (χ1v) is 13.6. The van der Waals surface area contributed by atoms with Crippen molar-refractivity contribution in [3.8, 4) is 0 Å². The first-order valence-electron chi connectivity index (χ1n) is 9.33. The molecule has 14 nitrogen and oxygen atoms in total. The number of nitrogens with one attached hydrogen (secondary N) is 1. The molecule has 0 radical (unpaired) electrons. The summed E-state index contributed by atoms with van der Waals surface area (Å²) >= 11 is 0. The maximum absolute atomic E-state index is 12.2. The van der Waals surface area contributed by atoms with E-state index in [2.05, 4.69) is 0 Å². The van der Waals surface area contributed by atoms with E-state index in [0.29, 0.717) is 0 Å². The van der Waals surface area contributed by atoms with Gasteiger partial charge >= 0.3 is 1.43 Å². The van der Waals surface area contributed by atoms with Crippen LogP contribution in [-0.4, -0.2) is 44.6 Å². The molecule has 2 aromatic rings. The van der Waals surface area contributed by atoms with Gasteiger partial charge in [-0.05, 0) is 53.5 Å². The Bertz CT molecular complexity index is 1710. The minimum atomic E-state index is -5.26. The second-order valence-electron chi connectivity index (χ2n) is 7.37. The quantitative estimate of drug-likeness (QED) is 0.252. The molecule has 0 heterocycles. The maximum atomic E-state index is 12.2. The van der Waals surface area contributed by atoms with Crippen molar-refractivity contribution in [1.82, 2.24) is 12.3 Å². The van der Waals surface area contributed by atoms with E-state index in [1.165, 1.54) is 25.1 Å². The fourth-order valence-corrected chi connectivity index (χ4v) is 5.54. The molecule has 0 unspecified atom stereocenters. The number of benzene rings is 2. The lowest BCUT2D eigenvalue weighted by atomic mass is 9.89. The van der Waals surface area contributed by atoms with Gasteiger partial charge in [0.05, 0.1) is 26.1 Å². The van der Waals surface area contributed by atoms with Gasteiger partial charge in [0.25, 0.3) is 0 Å². The average molecular weight is 576 g/mol. The SMILES string of the molecule is Cc1ccc(C(=C2C=CC(=N)C(S(=O)(=O)[O-])=C2)c2ccc(N)c(S(=O)(=O)[O-])c2)c(S(=O)(=O)[O-])c1N.[H+].[NH4+].[NH4+]. The molecule has 13 N–H and O–H groups in total. The summed E-state index contributed by atoms with van der Waals surface area (Å²) in [6, 6.07) is 5.56. The zero-order valence-corrected chi connectivity index (χ0v) is 22.1. The Morgan fingerprint density at radius 3 is 1.97 bits per heavy atom. The molecule has 0 amide bonds. The number of nitrogen functional groups attached to an aromatic ring is 2. The monoisotopic (exact) mass is 575 g/mol. The number of nitrogens with two attached hydrogens (primary N) is 2. The van der Waals surface area contributed by atoms with Gasteiger partial charge < -0.3 is 37.4 Å². The van der Waals surface area contributed by atoms with Crippen molar-refractivity contribution in [3.05, 3.63) is 75.7 Å². The average Bonchev–Trinajstić information content (AvgIpc) is 2.70. The van der Waals surface area contributed by atoms with E-state index >= 15 is 0 Å². The third-order valence-electron chi connectivity index (χ3n) is 5.04. The van der Waals surface area contributed by atoms with E-state index in [-0.39, 0.29) is 41.6 Å². The molecular formula is C20H25N5O9S3. The van der Waals surface area contributed by atoms with Crippen LogP contribution in [0, 0.1) is 12.3 Å². The molecule has 1 aliphatic rings. The molecule has 0 aliphatic heterocycles. The van der Waals surface area contributed by atoms with E-state index in [9.17, 15) is 38.9 Å². The molecule has 17 heteroatoms. The summed E-state index contributed by atoms with van der Waals surface area (Å²) in [5.41, 5.74) is 9.19. The van der Waals surface area contributed by atoms with Crippen LogP contribution in [0.4, 0.5) is 11.4 Å². The highest BCUT2D eigenvalue weighted by Gasteiger charge is 2.24. The van der Waals surface area contributed by atoms with Crippen molar-refractivity contribution in [2.24, 2.45) is 0 Å². The number of rotatable bonds is 5. The molecule has 0 fully saturated rings. The summed E-state index contributed by atoms with van der Waals surface area (Å²) in [5.74, 6) is 0. The zero-order valence-electron chi connectivity index (χ0n) is 20.7. The predicted octanol–water partition coefficient (Wildman–Crippen LogP) is 1.65. The predicted molar refractivity (Wildman–Crippen MR) is 136 cm³/mol. The number of quaternary nitrogens is 2. The van der Waals surface area contributed by atoms with Gasteiger partial charge in [0.15, 0.2) is 0 Å². The summed E-state index contributed by atoms with van der Waals surface area (Å²) in [6.45, 7) is 1.43. The number of allylic oxidation sites excluding steroid dienone is 5. The van der Waals surface area contributed by atoms with Gasteiger partial charge in [-0.15, -0.1) is 0 Å². The number of hydrogen-bond acceptors (Lipinski definition) is 12. The van der Waals surface area contributed by atoms with Crippen LogP contribution >= 0.6 is 0 Å². The van der Waals surface area contributed by atoms with Gasteiger partial charge in [-0.3, -0.25) is 5.41 Å². The van der Waals surface area contributed by atoms with Crippen molar-refractivity contribution >= 4 is 53.0 Å². The van der Waals surface area contributed by atoms with Crippen LogP contribution < -0.4 is 23.8 Å². The van der Waals surface area contributed by atoms with E-state index in [4.69, 9.17) is 16.9 Å². The highest BCUT2D eigenvalue weighted by Crippen LogP contribution is 2.39. The number of aryl methyl sites for hydroxylation is 1. The van der Waals surface area contributed by atoms with Crippen LogP contribution in [0.25, 0.3) is 5.57 Å².